The SMILES string of the molecule is Cc1ccc(S(=O)(=O)N2CCN(C(=O)c3cc(C4CC4)nc4c3cnn4C(C)C)CC2)cc1C. The van der Waals surface area contributed by atoms with Gasteiger partial charge in [0.05, 0.1) is 22.0 Å². The number of aryl methyl sites for hydroxylation is 2. The van der Waals surface area contributed by atoms with Crippen LogP contribution in [0.5, 0.6) is 0 Å². The highest BCUT2D eigenvalue weighted by atomic mass is 32.2. The highest BCUT2D eigenvalue weighted by Gasteiger charge is 2.33. The maximum Gasteiger partial charge on any atom is 0.254 e. The van der Waals surface area contributed by atoms with Crippen molar-refractivity contribution < 1.29 is 13.2 Å². The molecular weight excluding hydrogens is 450 g/mol. The third kappa shape index (κ3) is 4.01. The third-order valence-electron chi connectivity index (χ3n) is 6.94. The van der Waals surface area contributed by atoms with Crippen molar-refractivity contribution in [1.82, 2.24) is 24.0 Å². The molecule has 1 saturated carbocycles. The normalized spacial score (nSPS) is 17.6. The lowest BCUT2D eigenvalue weighted by molar-refractivity contribution is 0.0699. The van der Waals surface area contributed by atoms with Gasteiger partial charge in [0.1, 0.15) is 0 Å². The third-order valence-corrected chi connectivity index (χ3v) is 8.84. The summed E-state index contributed by atoms with van der Waals surface area (Å²) in [5, 5.41) is 5.25. The molecule has 1 aliphatic heterocycles. The van der Waals surface area contributed by atoms with Crippen LogP contribution in [0.25, 0.3) is 11.0 Å². The fourth-order valence-corrected chi connectivity index (χ4v) is 6.01. The Labute approximate surface area is 200 Å². The Morgan fingerprint density at radius 1 is 1.03 bits per heavy atom. The molecule has 2 fully saturated rings. The van der Waals surface area contributed by atoms with Crippen LogP contribution >= 0.6 is 0 Å². The number of hydrogen-bond acceptors (Lipinski definition) is 5. The summed E-state index contributed by atoms with van der Waals surface area (Å²) in [5.74, 6) is 0.326. The van der Waals surface area contributed by atoms with Crippen LogP contribution in [0.3, 0.4) is 0 Å². The molecule has 1 saturated heterocycles. The van der Waals surface area contributed by atoms with E-state index in [1.54, 1.807) is 23.2 Å². The molecule has 2 aliphatic rings. The fourth-order valence-electron chi connectivity index (χ4n) is 4.51. The average Bonchev–Trinajstić information content (AvgIpc) is 3.58. The molecule has 1 amide bonds. The van der Waals surface area contributed by atoms with Gasteiger partial charge in [0.2, 0.25) is 10.0 Å². The van der Waals surface area contributed by atoms with Crippen molar-refractivity contribution in [3.05, 3.63) is 52.8 Å². The smallest absolute Gasteiger partial charge is 0.254 e. The van der Waals surface area contributed by atoms with Crippen molar-refractivity contribution in [3.63, 3.8) is 0 Å². The van der Waals surface area contributed by atoms with E-state index in [0.717, 1.165) is 40.7 Å². The molecule has 3 aromatic rings. The molecule has 8 nitrogen and oxygen atoms in total. The van der Waals surface area contributed by atoms with Crippen LogP contribution in [-0.2, 0) is 10.0 Å². The van der Waals surface area contributed by atoms with E-state index in [1.807, 2.05) is 30.7 Å². The van der Waals surface area contributed by atoms with Gasteiger partial charge in [-0.3, -0.25) is 4.79 Å². The zero-order chi connectivity index (χ0) is 24.2. The maximum absolute atomic E-state index is 13.6. The topological polar surface area (TPSA) is 88.4 Å². The minimum atomic E-state index is -3.59. The molecular formula is C25H31N5O3S. The van der Waals surface area contributed by atoms with Gasteiger partial charge in [0, 0.05) is 43.8 Å². The molecule has 0 bridgehead atoms. The standard InChI is InChI=1S/C25H31N5O3S/c1-16(2)30-24-22(15-26-30)21(14-23(27-24)19-6-7-19)25(31)28-9-11-29(12-10-28)34(32,33)20-8-5-17(3)18(4)13-20/h5,8,13-16,19H,6-7,9-12H2,1-4H3. The van der Waals surface area contributed by atoms with Crippen molar-refractivity contribution in [1.29, 1.82) is 0 Å². The molecule has 2 aromatic heterocycles. The first kappa shape index (κ1) is 23.0. The number of carbonyl (C=O) groups excluding carboxylic acids is 1. The summed E-state index contributed by atoms with van der Waals surface area (Å²) in [6.07, 6.45) is 3.92. The van der Waals surface area contributed by atoms with Crippen LogP contribution in [0.4, 0.5) is 0 Å². The summed E-state index contributed by atoms with van der Waals surface area (Å²) in [4.78, 5) is 20.5. The second-order valence-corrected chi connectivity index (χ2v) is 11.7. The van der Waals surface area contributed by atoms with Gasteiger partial charge in [-0.25, -0.2) is 18.1 Å². The number of sulfonamides is 1. The summed E-state index contributed by atoms with van der Waals surface area (Å²) < 4.78 is 29.7. The Morgan fingerprint density at radius 3 is 2.35 bits per heavy atom. The van der Waals surface area contributed by atoms with E-state index in [9.17, 15) is 13.2 Å². The molecule has 34 heavy (non-hydrogen) atoms. The fraction of sp³-hybridized carbons (Fsp3) is 0.480. The zero-order valence-electron chi connectivity index (χ0n) is 20.2. The molecule has 180 valence electrons. The number of benzene rings is 1. The quantitative estimate of drug-likeness (QED) is 0.555. The van der Waals surface area contributed by atoms with E-state index in [1.165, 1.54) is 4.31 Å². The Balaban J connectivity index is 1.38. The Bertz CT molecular complexity index is 1370. The summed E-state index contributed by atoms with van der Waals surface area (Å²) in [5.41, 5.74) is 4.33. The number of hydrogen-bond donors (Lipinski definition) is 0. The van der Waals surface area contributed by atoms with Gasteiger partial charge in [0.25, 0.3) is 5.91 Å². The van der Waals surface area contributed by atoms with Crippen molar-refractivity contribution in [3.8, 4) is 0 Å². The summed E-state index contributed by atoms with van der Waals surface area (Å²) >= 11 is 0. The van der Waals surface area contributed by atoms with Gasteiger partial charge in [-0.2, -0.15) is 9.40 Å². The first-order valence-corrected chi connectivity index (χ1v) is 13.4. The van der Waals surface area contributed by atoms with Gasteiger partial charge < -0.3 is 4.90 Å². The molecule has 1 aromatic carbocycles. The van der Waals surface area contributed by atoms with E-state index < -0.39 is 10.0 Å². The molecule has 1 aliphatic carbocycles. The highest BCUT2D eigenvalue weighted by molar-refractivity contribution is 7.89. The molecule has 9 heteroatoms. The lowest BCUT2D eigenvalue weighted by atomic mass is 10.1. The van der Waals surface area contributed by atoms with Gasteiger partial charge in [-0.15, -0.1) is 0 Å². The number of piperazine rings is 1. The maximum atomic E-state index is 13.6. The minimum absolute atomic E-state index is 0.0826. The Hall–Kier alpha value is -2.78. The molecule has 0 unspecified atom stereocenters. The molecule has 5 rings (SSSR count). The summed E-state index contributed by atoms with van der Waals surface area (Å²) in [6.45, 7) is 9.23. The van der Waals surface area contributed by atoms with E-state index >= 15 is 0 Å². The number of aromatic nitrogens is 3. The molecule has 0 radical (unpaired) electrons. The largest absolute Gasteiger partial charge is 0.336 e. The number of amides is 1. The first-order chi connectivity index (χ1) is 16.2. The van der Waals surface area contributed by atoms with E-state index in [0.29, 0.717) is 29.5 Å². The summed E-state index contributed by atoms with van der Waals surface area (Å²) in [7, 11) is -3.59. The van der Waals surface area contributed by atoms with Crippen LogP contribution in [0.1, 0.15) is 65.8 Å². The second kappa shape index (κ2) is 8.46. The van der Waals surface area contributed by atoms with Crippen LogP contribution in [0, 0.1) is 13.8 Å². The number of rotatable bonds is 5. The number of pyridine rings is 1. The van der Waals surface area contributed by atoms with Gasteiger partial charge in [-0.1, -0.05) is 6.07 Å². The molecule has 0 N–H and O–H groups in total. The number of nitrogens with zero attached hydrogens (tertiary/aromatic N) is 5. The second-order valence-electron chi connectivity index (χ2n) is 9.73. The van der Waals surface area contributed by atoms with Crippen molar-refractivity contribution in [2.45, 2.75) is 57.4 Å². The minimum Gasteiger partial charge on any atom is -0.336 e. The highest BCUT2D eigenvalue weighted by Crippen LogP contribution is 2.40. The van der Waals surface area contributed by atoms with Crippen molar-refractivity contribution >= 4 is 27.0 Å². The van der Waals surface area contributed by atoms with Crippen LogP contribution in [0.2, 0.25) is 0 Å². The van der Waals surface area contributed by atoms with Gasteiger partial charge in [0.15, 0.2) is 5.65 Å². The predicted octanol–water partition coefficient (Wildman–Crippen LogP) is 3.65. The van der Waals surface area contributed by atoms with Crippen LogP contribution in [-0.4, -0.2) is 64.5 Å². The van der Waals surface area contributed by atoms with Crippen molar-refractivity contribution in [2.24, 2.45) is 0 Å². The lowest BCUT2D eigenvalue weighted by Gasteiger charge is -2.34. The van der Waals surface area contributed by atoms with Gasteiger partial charge >= 0.3 is 0 Å². The number of fused-ring (bicyclic) bond motifs is 1. The van der Waals surface area contributed by atoms with Crippen LogP contribution < -0.4 is 0 Å². The monoisotopic (exact) mass is 481 g/mol. The number of carbonyl (C=O) groups is 1. The average molecular weight is 482 g/mol. The molecule has 3 heterocycles. The lowest BCUT2D eigenvalue weighted by Crippen LogP contribution is -2.50. The van der Waals surface area contributed by atoms with Crippen molar-refractivity contribution in [2.75, 3.05) is 26.2 Å². The van der Waals surface area contributed by atoms with E-state index in [2.05, 4.69) is 18.9 Å². The first-order valence-electron chi connectivity index (χ1n) is 11.9. The summed E-state index contributed by atoms with van der Waals surface area (Å²) in [6, 6.07) is 7.29. The van der Waals surface area contributed by atoms with E-state index in [4.69, 9.17) is 4.98 Å². The molecule has 0 spiro atoms. The Morgan fingerprint density at radius 2 is 1.74 bits per heavy atom. The van der Waals surface area contributed by atoms with Crippen LogP contribution in [0.15, 0.2) is 35.4 Å². The molecule has 0 atom stereocenters. The van der Waals surface area contributed by atoms with Gasteiger partial charge in [-0.05, 0) is 69.9 Å². The Kier molecular flexibility index (Phi) is 5.72. The zero-order valence-corrected chi connectivity index (χ0v) is 21.0. The van der Waals surface area contributed by atoms with E-state index in [-0.39, 0.29) is 25.0 Å². The predicted molar refractivity (Wildman–Crippen MR) is 130 cm³/mol.